The lowest BCUT2D eigenvalue weighted by Gasteiger charge is -2.36. The lowest BCUT2D eigenvalue weighted by Crippen LogP contribution is -2.49. The van der Waals surface area contributed by atoms with Gasteiger partial charge >= 0.3 is 0 Å². The van der Waals surface area contributed by atoms with Crippen molar-refractivity contribution in [3.8, 4) is 0 Å². The van der Waals surface area contributed by atoms with Crippen LogP contribution in [0.25, 0.3) is 0 Å². The second kappa shape index (κ2) is 8.80. The first-order chi connectivity index (χ1) is 12.5. The monoisotopic (exact) mass is 391 g/mol. The molecule has 2 aromatic carbocycles. The maximum Gasteiger partial charge on any atom is 0.173 e. The van der Waals surface area contributed by atoms with Crippen molar-refractivity contribution in [3.63, 3.8) is 0 Å². The first-order valence-corrected chi connectivity index (χ1v) is 9.65. The van der Waals surface area contributed by atoms with Gasteiger partial charge in [0, 0.05) is 38.4 Å². The highest BCUT2D eigenvalue weighted by molar-refractivity contribution is 7.80. The molecule has 3 nitrogen and oxygen atoms in total. The Bertz CT molecular complexity index is 758. The highest BCUT2D eigenvalue weighted by Gasteiger charge is 2.19. The molecule has 0 atom stereocenters. The fourth-order valence-electron chi connectivity index (χ4n) is 3.03. The van der Waals surface area contributed by atoms with Crippen LogP contribution in [-0.2, 0) is 13.0 Å². The molecule has 0 spiro atoms. The maximum atomic E-state index is 13.3. The number of aryl methyl sites for hydroxylation is 1. The van der Waals surface area contributed by atoms with Gasteiger partial charge in [0.1, 0.15) is 5.82 Å². The van der Waals surface area contributed by atoms with Crippen LogP contribution in [0.3, 0.4) is 0 Å². The Morgan fingerprint density at radius 3 is 2.35 bits per heavy atom. The van der Waals surface area contributed by atoms with Gasteiger partial charge in [-0.25, -0.2) is 4.39 Å². The molecule has 1 fully saturated rings. The van der Waals surface area contributed by atoms with E-state index < -0.39 is 0 Å². The summed E-state index contributed by atoms with van der Waals surface area (Å²) < 4.78 is 13.3. The van der Waals surface area contributed by atoms with Gasteiger partial charge in [-0.2, -0.15) is 0 Å². The van der Waals surface area contributed by atoms with Crippen LogP contribution in [0.4, 0.5) is 10.1 Å². The third-order valence-corrected chi connectivity index (χ3v) is 5.31. The molecule has 0 aromatic heterocycles. The minimum Gasteiger partial charge on any atom is -0.346 e. The minimum atomic E-state index is -0.372. The summed E-state index contributed by atoms with van der Waals surface area (Å²) in [5.74, 6) is -0.372. The molecular weight excluding hydrogens is 369 g/mol. The van der Waals surface area contributed by atoms with Gasteiger partial charge in [0.15, 0.2) is 5.11 Å². The van der Waals surface area contributed by atoms with E-state index in [1.807, 2.05) is 0 Å². The summed E-state index contributed by atoms with van der Waals surface area (Å²) in [5.41, 5.74) is 3.37. The summed E-state index contributed by atoms with van der Waals surface area (Å²) in [4.78, 5) is 4.52. The fourth-order valence-corrected chi connectivity index (χ4v) is 3.54. The molecular formula is C20H23ClFN3S. The molecule has 1 aliphatic heterocycles. The van der Waals surface area contributed by atoms with Crippen molar-refractivity contribution in [2.75, 3.05) is 31.5 Å². The average Bonchev–Trinajstić information content (AvgIpc) is 2.66. The zero-order chi connectivity index (χ0) is 18.5. The van der Waals surface area contributed by atoms with E-state index in [0.717, 1.165) is 55.5 Å². The summed E-state index contributed by atoms with van der Waals surface area (Å²) in [6.07, 6.45) is 1.03. The van der Waals surface area contributed by atoms with Crippen molar-refractivity contribution in [2.45, 2.75) is 19.9 Å². The molecule has 1 aliphatic rings. The van der Waals surface area contributed by atoms with Gasteiger partial charge in [-0.05, 0) is 54.0 Å². The van der Waals surface area contributed by atoms with Crippen molar-refractivity contribution >= 4 is 34.6 Å². The number of thiocarbonyl (C=S) groups is 1. The predicted molar refractivity (Wildman–Crippen MR) is 110 cm³/mol. The number of piperazine rings is 1. The number of anilines is 1. The van der Waals surface area contributed by atoms with E-state index in [-0.39, 0.29) is 10.8 Å². The van der Waals surface area contributed by atoms with Crippen LogP contribution in [-0.4, -0.2) is 41.1 Å². The SMILES string of the molecule is CCc1ccc(NC(=S)N2CCN(Cc3ccc(F)c(Cl)c3)CC2)cc1. The molecule has 1 saturated heterocycles. The Morgan fingerprint density at radius 2 is 1.73 bits per heavy atom. The van der Waals surface area contributed by atoms with Crippen LogP contribution in [0.15, 0.2) is 42.5 Å². The number of benzene rings is 2. The summed E-state index contributed by atoms with van der Waals surface area (Å²) in [7, 11) is 0. The summed E-state index contributed by atoms with van der Waals surface area (Å²) >= 11 is 11.4. The van der Waals surface area contributed by atoms with E-state index in [1.165, 1.54) is 11.6 Å². The standard InChI is InChI=1S/C20H23ClFN3S/c1-2-15-3-6-17(7-4-15)23-20(26)25-11-9-24(10-12-25)14-16-5-8-19(22)18(21)13-16/h3-8,13H,2,9-12,14H2,1H3,(H,23,26). The molecule has 0 aliphatic carbocycles. The van der Waals surface area contributed by atoms with Crippen molar-refractivity contribution < 1.29 is 4.39 Å². The first-order valence-electron chi connectivity index (χ1n) is 8.86. The summed E-state index contributed by atoms with van der Waals surface area (Å²) in [6.45, 7) is 6.47. The minimum absolute atomic E-state index is 0.181. The highest BCUT2D eigenvalue weighted by atomic mass is 35.5. The normalized spacial score (nSPS) is 15.1. The zero-order valence-corrected chi connectivity index (χ0v) is 16.4. The number of nitrogens with one attached hydrogen (secondary N) is 1. The van der Waals surface area contributed by atoms with Gasteiger partial charge in [0.25, 0.3) is 0 Å². The van der Waals surface area contributed by atoms with Gasteiger partial charge < -0.3 is 10.2 Å². The summed E-state index contributed by atoms with van der Waals surface area (Å²) in [5, 5.41) is 4.26. The topological polar surface area (TPSA) is 18.5 Å². The van der Waals surface area contributed by atoms with Gasteiger partial charge in [-0.3, -0.25) is 4.90 Å². The van der Waals surface area contributed by atoms with Crippen LogP contribution in [0.2, 0.25) is 5.02 Å². The Balaban J connectivity index is 1.49. The van der Waals surface area contributed by atoms with Crippen LogP contribution >= 0.6 is 23.8 Å². The van der Waals surface area contributed by atoms with Crippen molar-refractivity contribution in [2.24, 2.45) is 0 Å². The quantitative estimate of drug-likeness (QED) is 0.770. The summed E-state index contributed by atoms with van der Waals surface area (Å²) in [6, 6.07) is 13.3. The Morgan fingerprint density at radius 1 is 1.08 bits per heavy atom. The van der Waals surface area contributed by atoms with E-state index in [9.17, 15) is 4.39 Å². The molecule has 26 heavy (non-hydrogen) atoms. The number of rotatable bonds is 4. The lowest BCUT2D eigenvalue weighted by molar-refractivity contribution is 0.177. The first kappa shape index (κ1) is 19.1. The third-order valence-electron chi connectivity index (χ3n) is 4.66. The van der Waals surface area contributed by atoms with Crippen molar-refractivity contribution in [1.29, 1.82) is 0 Å². The van der Waals surface area contributed by atoms with E-state index in [4.69, 9.17) is 23.8 Å². The molecule has 3 rings (SSSR count). The number of hydrogen-bond donors (Lipinski definition) is 1. The Hall–Kier alpha value is -1.69. The van der Waals surface area contributed by atoms with Gasteiger partial charge in [-0.15, -0.1) is 0 Å². The molecule has 0 radical (unpaired) electrons. The highest BCUT2D eigenvalue weighted by Crippen LogP contribution is 2.18. The molecule has 0 unspecified atom stereocenters. The molecule has 0 amide bonds. The smallest absolute Gasteiger partial charge is 0.173 e. The lowest BCUT2D eigenvalue weighted by atomic mass is 10.1. The average molecular weight is 392 g/mol. The van der Waals surface area contributed by atoms with E-state index in [2.05, 4.69) is 46.3 Å². The predicted octanol–water partition coefficient (Wildman–Crippen LogP) is 4.56. The zero-order valence-electron chi connectivity index (χ0n) is 14.8. The van der Waals surface area contributed by atoms with Gasteiger partial charge in [0.05, 0.1) is 5.02 Å². The molecule has 0 saturated carbocycles. The Labute approximate surface area is 164 Å². The van der Waals surface area contributed by atoms with Gasteiger partial charge in [0.2, 0.25) is 0 Å². The molecule has 138 valence electrons. The second-order valence-electron chi connectivity index (χ2n) is 6.49. The maximum absolute atomic E-state index is 13.3. The third kappa shape index (κ3) is 4.93. The van der Waals surface area contributed by atoms with Crippen molar-refractivity contribution in [3.05, 3.63) is 64.4 Å². The van der Waals surface area contributed by atoms with Crippen LogP contribution in [0.5, 0.6) is 0 Å². The largest absolute Gasteiger partial charge is 0.346 e. The van der Waals surface area contributed by atoms with Crippen molar-refractivity contribution in [1.82, 2.24) is 9.80 Å². The van der Waals surface area contributed by atoms with Crippen LogP contribution in [0, 0.1) is 5.82 Å². The van der Waals surface area contributed by atoms with Gasteiger partial charge in [-0.1, -0.05) is 36.7 Å². The molecule has 1 N–H and O–H groups in total. The van der Waals surface area contributed by atoms with E-state index >= 15 is 0 Å². The molecule has 2 aromatic rings. The second-order valence-corrected chi connectivity index (χ2v) is 7.29. The number of halogens is 2. The fraction of sp³-hybridized carbons (Fsp3) is 0.350. The molecule has 1 heterocycles. The molecule has 0 bridgehead atoms. The van der Waals surface area contributed by atoms with Crippen LogP contribution < -0.4 is 5.32 Å². The number of hydrogen-bond acceptors (Lipinski definition) is 2. The van der Waals surface area contributed by atoms with Crippen LogP contribution in [0.1, 0.15) is 18.1 Å². The molecule has 6 heteroatoms. The van der Waals surface area contributed by atoms with E-state index in [0.29, 0.717) is 0 Å². The van der Waals surface area contributed by atoms with E-state index in [1.54, 1.807) is 12.1 Å². The Kier molecular flexibility index (Phi) is 6.46. The number of nitrogens with zero attached hydrogens (tertiary/aromatic N) is 2.